The molecule has 2 aromatic carbocycles. The Morgan fingerprint density at radius 3 is 2.34 bits per heavy atom. The number of halogens is 1. The molecule has 0 aliphatic heterocycles. The summed E-state index contributed by atoms with van der Waals surface area (Å²) in [4.78, 5) is 27.8. The molecule has 32 heavy (non-hydrogen) atoms. The summed E-state index contributed by atoms with van der Waals surface area (Å²) < 4.78 is 5.80. The number of amides is 2. The predicted octanol–water partition coefficient (Wildman–Crippen LogP) is 5.20. The third-order valence-corrected chi connectivity index (χ3v) is 6.68. The Morgan fingerprint density at radius 1 is 1.09 bits per heavy atom. The SMILES string of the molecule is Cc1cc(OCC(=O)N(Cc2ccccc2)[C@@H](C)C(=O)NC2CCCCC2)cc(C)c1Cl. The van der Waals surface area contributed by atoms with Crippen molar-refractivity contribution in [3.63, 3.8) is 0 Å². The molecule has 5 nitrogen and oxygen atoms in total. The van der Waals surface area contributed by atoms with Crippen LogP contribution in [0.1, 0.15) is 55.7 Å². The summed E-state index contributed by atoms with van der Waals surface area (Å²) in [5, 5.41) is 3.84. The van der Waals surface area contributed by atoms with Gasteiger partial charge in [-0.25, -0.2) is 0 Å². The highest BCUT2D eigenvalue weighted by Crippen LogP contribution is 2.26. The van der Waals surface area contributed by atoms with Crippen molar-refractivity contribution in [1.82, 2.24) is 10.2 Å². The maximum Gasteiger partial charge on any atom is 0.261 e. The third kappa shape index (κ3) is 6.49. The van der Waals surface area contributed by atoms with Gasteiger partial charge in [0, 0.05) is 17.6 Å². The largest absolute Gasteiger partial charge is 0.484 e. The number of aryl methyl sites for hydroxylation is 2. The Bertz CT molecular complexity index is 903. The first-order valence-corrected chi connectivity index (χ1v) is 11.8. The molecule has 1 aliphatic carbocycles. The molecule has 0 unspecified atom stereocenters. The van der Waals surface area contributed by atoms with Gasteiger partial charge >= 0.3 is 0 Å². The van der Waals surface area contributed by atoms with Crippen molar-refractivity contribution >= 4 is 23.4 Å². The molecule has 6 heteroatoms. The fraction of sp³-hybridized carbons (Fsp3) is 0.462. The fourth-order valence-corrected chi connectivity index (χ4v) is 4.26. The van der Waals surface area contributed by atoms with Gasteiger partial charge in [0.15, 0.2) is 6.61 Å². The van der Waals surface area contributed by atoms with Crippen LogP contribution in [0.3, 0.4) is 0 Å². The number of carbonyl (C=O) groups is 2. The van der Waals surface area contributed by atoms with Crippen molar-refractivity contribution in [1.29, 1.82) is 0 Å². The average Bonchev–Trinajstić information content (AvgIpc) is 2.80. The molecular weight excluding hydrogens is 424 g/mol. The van der Waals surface area contributed by atoms with Gasteiger partial charge in [0.1, 0.15) is 11.8 Å². The predicted molar refractivity (Wildman–Crippen MR) is 128 cm³/mol. The number of ether oxygens (including phenoxy) is 1. The Morgan fingerprint density at radius 2 is 1.72 bits per heavy atom. The van der Waals surface area contributed by atoms with E-state index in [1.807, 2.05) is 56.3 Å². The molecule has 2 aromatic rings. The first kappa shape index (κ1) is 24.1. The quantitative estimate of drug-likeness (QED) is 0.593. The monoisotopic (exact) mass is 456 g/mol. The Balaban J connectivity index is 1.70. The van der Waals surface area contributed by atoms with Crippen LogP contribution in [-0.4, -0.2) is 35.4 Å². The van der Waals surface area contributed by atoms with E-state index in [0.717, 1.165) is 42.4 Å². The van der Waals surface area contributed by atoms with Crippen molar-refractivity contribution in [2.75, 3.05) is 6.61 Å². The van der Waals surface area contributed by atoms with Gasteiger partial charge in [-0.15, -0.1) is 0 Å². The van der Waals surface area contributed by atoms with Gasteiger partial charge in [-0.05, 0) is 62.4 Å². The highest BCUT2D eigenvalue weighted by molar-refractivity contribution is 6.32. The number of nitrogens with one attached hydrogen (secondary N) is 1. The molecule has 1 atom stereocenters. The number of hydrogen-bond acceptors (Lipinski definition) is 3. The van der Waals surface area contributed by atoms with Crippen LogP contribution >= 0.6 is 11.6 Å². The molecule has 1 saturated carbocycles. The molecule has 0 saturated heterocycles. The number of rotatable bonds is 8. The van der Waals surface area contributed by atoms with Crippen molar-refractivity contribution in [2.45, 2.75) is 71.5 Å². The molecule has 2 amide bonds. The topological polar surface area (TPSA) is 58.6 Å². The van der Waals surface area contributed by atoms with Crippen LogP contribution in [0.25, 0.3) is 0 Å². The normalized spacial score (nSPS) is 15.1. The second-order valence-corrected chi connectivity index (χ2v) is 9.06. The van der Waals surface area contributed by atoms with Gasteiger partial charge in [-0.2, -0.15) is 0 Å². The van der Waals surface area contributed by atoms with Gasteiger partial charge < -0.3 is 15.0 Å². The van der Waals surface area contributed by atoms with Crippen molar-refractivity contribution < 1.29 is 14.3 Å². The molecule has 0 aromatic heterocycles. The highest BCUT2D eigenvalue weighted by Gasteiger charge is 2.28. The van der Waals surface area contributed by atoms with E-state index in [2.05, 4.69) is 5.32 Å². The third-order valence-electron chi connectivity index (χ3n) is 6.09. The Hall–Kier alpha value is -2.53. The maximum atomic E-state index is 13.2. The highest BCUT2D eigenvalue weighted by atomic mass is 35.5. The summed E-state index contributed by atoms with van der Waals surface area (Å²) in [6.07, 6.45) is 5.51. The first-order valence-electron chi connectivity index (χ1n) is 11.4. The lowest BCUT2D eigenvalue weighted by atomic mass is 9.95. The minimum absolute atomic E-state index is 0.112. The van der Waals surface area contributed by atoms with Gasteiger partial charge in [-0.3, -0.25) is 9.59 Å². The fourth-order valence-electron chi connectivity index (χ4n) is 4.15. The summed E-state index contributed by atoms with van der Waals surface area (Å²) in [5.74, 6) is 0.251. The zero-order chi connectivity index (χ0) is 23.1. The molecule has 0 heterocycles. The lowest BCUT2D eigenvalue weighted by Gasteiger charge is -2.31. The number of hydrogen-bond donors (Lipinski definition) is 1. The molecule has 1 N–H and O–H groups in total. The van der Waals surface area contributed by atoms with E-state index in [1.165, 1.54) is 6.42 Å². The zero-order valence-electron chi connectivity index (χ0n) is 19.2. The van der Waals surface area contributed by atoms with Gasteiger partial charge in [0.25, 0.3) is 5.91 Å². The molecule has 0 radical (unpaired) electrons. The van der Waals surface area contributed by atoms with Crippen LogP contribution in [0.4, 0.5) is 0 Å². The van der Waals surface area contributed by atoms with Crippen LogP contribution in [0.5, 0.6) is 5.75 Å². The van der Waals surface area contributed by atoms with Gasteiger partial charge in [0.2, 0.25) is 5.91 Å². The molecule has 0 bridgehead atoms. The van der Waals surface area contributed by atoms with Gasteiger partial charge in [-0.1, -0.05) is 61.2 Å². The number of nitrogens with zero attached hydrogens (tertiary/aromatic N) is 1. The van der Waals surface area contributed by atoms with E-state index in [-0.39, 0.29) is 24.5 Å². The smallest absolute Gasteiger partial charge is 0.261 e. The van der Waals surface area contributed by atoms with E-state index in [4.69, 9.17) is 16.3 Å². The van der Waals surface area contributed by atoms with E-state index in [9.17, 15) is 9.59 Å². The molecule has 3 rings (SSSR count). The molecule has 1 aliphatic rings. The van der Waals surface area contributed by atoms with E-state index >= 15 is 0 Å². The molecule has 172 valence electrons. The second-order valence-electron chi connectivity index (χ2n) is 8.69. The van der Waals surface area contributed by atoms with Crippen LogP contribution in [0.2, 0.25) is 5.02 Å². The van der Waals surface area contributed by atoms with Crippen molar-refractivity contribution in [3.8, 4) is 5.75 Å². The Kier molecular flexibility index (Phi) is 8.57. The zero-order valence-corrected chi connectivity index (χ0v) is 20.0. The van der Waals surface area contributed by atoms with Crippen molar-refractivity contribution in [3.05, 3.63) is 64.2 Å². The molecule has 0 spiro atoms. The lowest BCUT2D eigenvalue weighted by molar-refractivity contribution is -0.142. The molecular formula is C26H33ClN2O3. The first-order chi connectivity index (χ1) is 15.3. The summed E-state index contributed by atoms with van der Waals surface area (Å²) in [5.41, 5.74) is 2.77. The summed E-state index contributed by atoms with van der Waals surface area (Å²) >= 11 is 6.23. The Labute approximate surface area is 196 Å². The maximum absolute atomic E-state index is 13.2. The average molecular weight is 457 g/mol. The standard InChI is InChI=1S/C26H33ClN2O3/c1-18-14-23(15-19(2)25(18)27)32-17-24(30)29(16-21-10-6-4-7-11-21)20(3)26(31)28-22-12-8-5-9-13-22/h4,6-7,10-11,14-15,20,22H,5,8-9,12-13,16-17H2,1-3H3,(H,28,31)/t20-/m0/s1. The van der Waals surface area contributed by atoms with E-state index in [0.29, 0.717) is 17.3 Å². The van der Waals surface area contributed by atoms with Crippen LogP contribution in [0, 0.1) is 13.8 Å². The van der Waals surface area contributed by atoms with Crippen molar-refractivity contribution in [2.24, 2.45) is 0 Å². The number of carbonyl (C=O) groups excluding carboxylic acids is 2. The van der Waals surface area contributed by atoms with E-state index in [1.54, 1.807) is 11.8 Å². The summed E-state index contributed by atoms with van der Waals surface area (Å²) in [7, 11) is 0. The lowest BCUT2D eigenvalue weighted by Crippen LogP contribution is -2.51. The molecule has 1 fully saturated rings. The second kappa shape index (κ2) is 11.4. The number of benzene rings is 2. The minimum atomic E-state index is -0.595. The van der Waals surface area contributed by atoms with Crippen LogP contribution in [-0.2, 0) is 16.1 Å². The van der Waals surface area contributed by atoms with Gasteiger partial charge in [0.05, 0.1) is 0 Å². The van der Waals surface area contributed by atoms with E-state index < -0.39 is 6.04 Å². The summed E-state index contributed by atoms with van der Waals surface area (Å²) in [6.45, 7) is 5.80. The van der Waals surface area contributed by atoms with Crippen LogP contribution in [0.15, 0.2) is 42.5 Å². The minimum Gasteiger partial charge on any atom is -0.484 e. The summed E-state index contributed by atoms with van der Waals surface area (Å²) in [6, 6.07) is 13.0. The van der Waals surface area contributed by atoms with Crippen LogP contribution < -0.4 is 10.1 Å².